The molecule has 0 spiro atoms. The van der Waals surface area contributed by atoms with Crippen molar-refractivity contribution < 1.29 is 4.92 Å². The van der Waals surface area contributed by atoms with Gasteiger partial charge in [-0.15, -0.1) is 0 Å². The van der Waals surface area contributed by atoms with Gasteiger partial charge in [-0.25, -0.2) is 9.97 Å². The van der Waals surface area contributed by atoms with Crippen molar-refractivity contribution >= 4 is 23.0 Å². The number of nitro groups is 1. The highest BCUT2D eigenvalue weighted by atomic mass is 16.6. The fourth-order valence-corrected chi connectivity index (χ4v) is 3.76. The first kappa shape index (κ1) is 22.0. The number of hydrogen-bond acceptors (Lipinski definition) is 6. The molecule has 1 aromatic heterocycles. The molecule has 0 radical (unpaired) electrons. The lowest BCUT2D eigenvalue weighted by atomic mass is 10.1. The molecule has 0 atom stereocenters. The molecule has 33 heavy (non-hydrogen) atoms. The van der Waals surface area contributed by atoms with E-state index in [-0.39, 0.29) is 17.3 Å². The van der Waals surface area contributed by atoms with Crippen molar-refractivity contribution in [3.63, 3.8) is 0 Å². The van der Waals surface area contributed by atoms with Crippen molar-refractivity contribution in [1.82, 2.24) is 9.97 Å². The molecule has 166 valence electrons. The molecule has 0 fully saturated rings. The molecule has 1 N–H and O–H groups in total. The van der Waals surface area contributed by atoms with Crippen LogP contribution in [-0.4, -0.2) is 14.9 Å². The van der Waals surface area contributed by atoms with Crippen LogP contribution in [0.4, 0.5) is 23.0 Å². The monoisotopic (exact) mass is 439 g/mol. The molecule has 0 aliphatic heterocycles. The van der Waals surface area contributed by atoms with Crippen LogP contribution in [0.2, 0.25) is 0 Å². The van der Waals surface area contributed by atoms with Gasteiger partial charge in [-0.2, -0.15) is 0 Å². The van der Waals surface area contributed by atoms with Crippen molar-refractivity contribution in [2.24, 2.45) is 0 Å². The minimum atomic E-state index is -0.413. The van der Waals surface area contributed by atoms with Gasteiger partial charge < -0.3 is 10.2 Å². The molecule has 4 aromatic rings. The van der Waals surface area contributed by atoms with Gasteiger partial charge in [-0.05, 0) is 36.6 Å². The van der Waals surface area contributed by atoms with E-state index in [1.54, 1.807) is 0 Å². The van der Waals surface area contributed by atoms with Crippen LogP contribution in [0.1, 0.15) is 22.3 Å². The summed E-state index contributed by atoms with van der Waals surface area (Å²) in [4.78, 5) is 22.3. The van der Waals surface area contributed by atoms with Crippen LogP contribution in [0, 0.1) is 24.0 Å². The van der Waals surface area contributed by atoms with E-state index in [1.807, 2.05) is 97.6 Å². The van der Waals surface area contributed by atoms with E-state index in [9.17, 15) is 10.1 Å². The summed E-state index contributed by atoms with van der Waals surface area (Å²) in [5.41, 5.74) is 4.79. The van der Waals surface area contributed by atoms with Crippen LogP contribution in [0.5, 0.6) is 0 Å². The van der Waals surface area contributed by atoms with Gasteiger partial charge in [0, 0.05) is 18.8 Å². The van der Waals surface area contributed by atoms with Gasteiger partial charge in [0.25, 0.3) is 0 Å². The number of hydrogen-bond donors (Lipinski definition) is 1. The van der Waals surface area contributed by atoms with Crippen LogP contribution >= 0.6 is 0 Å². The fraction of sp³-hybridized carbons (Fsp3) is 0.154. The number of anilines is 3. The van der Waals surface area contributed by atoms with Gasteiger partial charge in [-0.1, -0.05) is 78.4 Å². The van der Waals surface area contributed by atoms with Gasteiger partial charge in [0.05, 0.1) is 4.92 Å². The predicted molar refractivity (Wildman–Crippen MR) is 131 cm³/mol. The second kappa shape index (κ2) is 9.91. The summed E-state index contributed by atoms with van der Waals surface area (Å²) in [5, 5.41) is 15.4. The Morgan fingerprint density at radius 2 is 1.48 bits per heavy atom. The highest BCUT2D eigenvalue weighted by Gasteiger charge is 2.28. The topological polar surface area (TPSA) is 84.2 Å². The molecule has 0 unspecified atom stereocenters. The number of rotatable bonds is 8. The molecule has 7 heteroatoms. The summed E-state index contributed by atoms with van der Waals surface area (Å²) in [6.45, 7) is 4.90. The van der Waals surface area contributed by atoms with Gasteiger partial charge >= 0.3 is 5.69 Å². The van der Waals surface area contributed by atoms with Crippen LogP contribution in [0.25, 0.3) is 0 Å². The zero-order valence-electron chi connectivity index (χ0n) is 18.6. The van der Waals surface area contributed by atoms with Crippen LogP contribution < -0.4 is 10.2 Å². The average molecular weight is 440 g/mol. The third-order valence-electron chi connectivity index (χ3n) is 5.35. The first-order valence-corrected chi connectivity index (χ1v) is 10.7. The van der Waals surface area contributed by atoms with Crippen LogP contribution in [0.15, 0.2) is 85.2 Å². The zero-order chi connectivity index (χ0) is 23.2. The Labute approximate surface area is 192 Å². The minimum absolute atomic E-state index is 0.149. The number of aryl methyl sites for hydroxylation is 2. The third-order valence-corrected chi connectivity index (χ3v) is 5.35. The van der Waals surface area contributed by atoms with Crippen molar-refractivity contribution in [2.75, 3.05) is 10.2 Å². The molecule has 0 bridgehead atoms. The number of nitrogens with one attached hydrogen (secondary N) is 1. The lowest BCUT2D eigenvalue weighted by Crippen LogP contribution is -2.24. The Balaban J connectivity index is 1.76. The van der Waals surface area contributed by atoms with Crippen LogP contribution in [0.3, 0.4) is 0 Å². The maximum atomic E-state index is 12.2. The van der Waals surface area contributed by atoms with Crippen LogP contribution in [-0.2, 0) is 13.1 Å². The van der Waals surface area contributed by atoms with Gasteiger partial charge in [0.2, 0.25) is 11.6 Å². The molecule has 7 nitrogen and oxygen atoms in total. The molecule has 0 aliphatic rings. The Hall–Kier alpha value is -4.26. The molecular formula is C26H25N5O2. The summed E-state index contributed by atoms with van der Waals surface area (Å²) in [7, 11) is 0. The van der Waals surface area contributed by atoms with Gasteiger partial charge in [0.15, 0.2) is 0 Å². The summed E-state index contributed by atoms with van der Waals surface area (Å²) in [5.74, 6) is 0.443. The lowest BCUT2D eigenvalue weighted by Gasteiger charge is -2.24. The summed E-state index contributed by atoms with van der Waals surface area (Å²) >= 11 is 0. The highest BCUT2D eigenvalue weighted by Crippen LogP contribution is 2.35. The Bertz CT molecular complexity index is 1200. The SMILES string of the molecule is Cc1ccc(Nc2ncnc(N(Cc3ccccc3)Cc3ccccc3)c2[N+](=O)[O-])c(C)c1. The molecule has 4 rings (SSSR count). The van der Waals surface area contributed by atoms with Crippen molar-refractivity contribution in [2.45, 2.75) is 26.9 Å². The minimum Gasteiger partial charge on any atom is -0.342 e. The first-order chi connectivity index (χ1) is 16.0. The maximum absolute atomic E-state index is 12.2. The summed E-state index contributed by atoms with van der Waals surface area (Å²) in [6.07, 6.45) is 1.37. The molecule has 0 aliphatic carbocycles. The maximum Gasteiger partial charge on any atom is 0.353 e. The van der Waals surface area contributed by atoms with Crippen molar-refractivity contribution in [3.8, 4) is 0 Å². The Morgan fingerprint density at radius 3 is 2.03 bits per heavy atom. The molecular weight excluding hydrogens is 414 g/mol. The highest BCUT2D eigenvalue weighted by molar-refractivity contribution is 5.75. The zero-order valence-corrected chi connectivity index (χ0v) is 18.6. The second-order valence-corrected chi connectivity index (χ2v) is 7.92. The summed E-state index contributed by atoms with van der Waals surface area (Å²) in [6, 6.07) is 25.6. The lowest BCUT2D eigenvalue weighted by molar-refractivity contribution is -0.383. The van der Waals surface area contributed by atoms with E-state index in [0.29, 0.717) is 13.1 Å². The molecule has 0 saturated heterocycles. The van der Waals surface area contributed by atoms with E-state index in [1.165, 1.54) is 6.33 Å². The number of nitrogens with zero attached hydrogens (tertiary/aromatic N) is 4. The quantitative estimate of drug-likeness (QED) is 0.270. The molecule has 1 heterocycles. The third kappa shape index (κ3) is 5.33. The standard InChI is InChI=1S/C26H25N5O2/c1-19-13-14-23(20(2)15-19)29-25-24(31(32)33)26(28-18-27-25)30(16-21-9-5-3-6-10-21)17-22-11-7-4-8-12-22/h3-15,18H,16-17H2,1-2H3,(H,27,28,29). The normalized spacial score (nSPS) is 10.6. The van der Waals surface area contributed by atoms with Crippen molar-refractivity contribution in [3.05, 3.63) is 118 Å². The molecule has 0 amide bonds. The second-order valence-electron chi connectivity index (χ2n) is 7.92. The number of aromatic nitrogens is 2. The van der Waals surface area contributed by atoms with Crippen molar-refractivity contribution in [1.29, 1.82) is 0 Å². The van der Waals surface area contributed by atoms with Gasteiger partial charge in [0.1, 0.15) is 6.33 Å². The predicted octanol–water partition coefficient (Wildman–Crippen LogP) is 5.95. The average Bonchev–Trinajstić information content (AvgIpc) is 2.81. The Morgan fingerprint density at radius 1 is 0.879 bits per heavy atom. The Kier molecular flexibility index (Phi) is 6.59. The fourth-order valence-electron chi connectivity index (χ4n) is 3.76. The van der Waals surface area contributed by atoms with E-state index >= 15 is 0 Å². The van der Waals surface area contributed by atoms with E-state index in [0.717, 1.165) is 27.9 Å². The molecule has 3 aromatic carbocycles. The summed E-state index contributed by atoms with van der Waals surface area (Å²) < 4.78 is 0. The first-order valence-electron chi connectivity index (χ1n) is 10.7. The van der Waals surface area contributed by atoms with Gasteiger partial charge in [-0.3, -0.25) is 10.1 Å². The van der Waals surface area contributed by atoms with E-state index in [2.05, 4.69) is 15.3 Å². The van der Waals surface area contributed by atoms with E-state index in [4.69, 9.17) is 0 Å². The molecule has 0 saturated carbocycles. The smallest absolute Gasteiger partial charge is 0.342 e. The number of benzene rings is 3. The van der Waals surface area contributed by atoms with E-state index < -0.39 is 4.92 Å². The largest absolute Gasteiger partial charge is 0.353 e.